The summed E-state index contributed by atoms with van der Waals surface area (Å²) in [7, 11) is 0. The van der Waals surface area contributed by atoms with Crippen LogP contribution in [0.15, 0.2) is 30.3 Å². The van der Waals surface area contributed by atoms with E-state index >= 15 is 0 Å². The first kappa shape index (κ1) is 18.3. The molecule has 1 unspecified atom stereocenters. The van der Waals surface area contributed by atoms with Gasteiger partial charge in [-0.1, -0.05) is 51.1 Å². The van der Waals surface area contributed by atoms with Crippen molar-refractivity contribution in [2.75, 3.05) is 6.54 Å². The topological polar surface area (TPSA) is 58.6 Å². The molecule has 24 heavy (non-hydrogen) atoms. The molecule has 5 heteroatoms. The minimum absolute atomic E-state index is 0.0239. The molecule has 2 rings (SSSR count). The van der Waals surface area contributed by atoms with Crippen LogP contribution in [0.25, 0.3) is 0 Å². The predicted octanol–water partition coefficient (Wildman–Crippen LogP) is 3.34. The number of nitrogens with one attached hydrogen (secondary N) is 1. The molecule has 0 bridgehead atoms. The Kier molecular flexibility index (Phi) is 5.86. The second-order valence-electron chi connectivity index (χ2n) is 7.53. The third-order valence-corrected chi connectivity index (χ3v) is 4.42. The summed E-state index contributed by atoms with van der Waals surface area (Å²) in [5.41, 5.74) is 0.532. The average molecular weight is 332 g/mol. The van der Waals surface area contributed by atoms with Crippen molar-refractivity contribution in [3.63, 3.8) is 0 Å². The van der Waals surface area contributed by atoms with Gasteiger partial charge in [-0.2, -0.15) is 0 Å². The highest BCUT2D eigenvalue weighted by Crippen LogP contribution is 2.25. The van der Waals surface area contributed by atoms with Gasteiger partial charge >= 0.3 is 6.09 Å². The molecule has 2 amide bonds. The Labute approximate surface area is 144 Å². The van der Waals surface area contributed by atoms with E-state index in [-0.39, 0.29) is 24.0 Å². The van der Waals surface area contributed by atoms with Crippen LogP contribution in [-0.2, 0) is 16.1 Å². The van der Waals surface area contributed by atoms with E-state index in [0.717, 1.165) is 24.9 Å². The molecule has 1 aromatic carbocycles. The van der Waals surface area contributed by atoms with Gasteiger partial charge in [0.25, 0.3) is 0 Å². The van der Waals surface area contributed by atoms with Gasteiger partial charge in [-0.25, -0.2) is 4.79 Å². The Bertz CT molecular complexity index is 566. The van der Waals surface area contributed by atoms with Crippen LogP contribution >= 0.6 is 0 Å². The molecule has 1 N–H and O–H groups in total. The number of hydrogen-bond acceptors (Lipinski definition) is 3. The number of carbonyl (C=O) groups excluding carboxylic acids is 2. The normalized spacial score (nSPS) is 19.0. The zero-order chi connectivity index (χ0) is 17.7. The van der Waals surface area contributed by atoms with Crippen molar-refractivity contribution in [3.8, 4) is 0 Å². The fourth-order valence-electron chi connectivity index (χ4n) is 2.96. The highest BCUT2D eigenvalue weighted by molar-refractivity contribution is 5.86. The minimum Gasteiger partial charge on any atom is -0.445 e. The summed E-state index contributed by atoms with van der Waals surface area (Å²) in [6.45, 7) is 8.86. The van der Waals surface area contributed by atoms with Crippen LogP contribution in [0.1, 0.15) is 46.1 Å². The van der Waals surface area contributed by atoms with Crippen molar-refractivity contribution in [1.29, 1.82) is 0 Å². The number of hydrogen-bond donors (Lipinski definition) is 1. The van der Waals surface area contributed by atoms with Crippen molar-refractivity contribution < 1.29 is 14.3 Å². The monoisotopic (exact) mass is 332 g/mol. The molecule has 1 aliphatic heterocycles. The molecule has 2 atom stereocenters. The lowest BCUT2D eigenvalue weighted by Gasteiger charge is -2.34. The van der Waals surface area contributed by atoms with Crippen LogP contribution in [-0.4, -0.2) is 35.5 Å². The Morgan fingerprint density at radius 3 is 2.50 bits per heavy atom. The molecule has 0 radical (unpaired) electrons. The number of alkyl carbamates (subject to hydrolysis) is 1. The van der Waals surface area contributed by atoms with E-state index in [0.29, 0.717) is 0 Å². The second kappa shape index (κ2) is 7.69. The molecule has 0 spiro atoms. The van der Waals surface area contributed by atoms with Gasteiger partial charge in [-0.15, -0.1) is 0 Å². The SMILES string of the molecule is C[C@@H]1CCCN1C(=O)C(NC(=O)OCc1ccccc1)C(C)(C)C. The molecule has 1 heterocycles. The van der Waals surface area contributed by atoms with Crippen molar-refractivity contribution in [3.05, 3.63) is 35.9 Å². The molecule has 5 nitrogen and oxygen atoms in total. The third-order valence-electron chi connectivity index (χ3n) is 4.42. The second-order valence-corrected chi connectivity index (χ2v) is 7.53. The summed E-state index contributed by atoms with van der Waals surface area (Å²) in [5.74, 6) is -0.0239. The highest BCUT2D eigenvalue weighted by Gasteiger charge is 2.38. The molecule has 1 aliphatic rings. The van der Waals surface area contributed by atoms with E-state index in [9.17, 15) is 9.59 Å². The molecule has 0 aliphatic carbocycles. The summed E-state index contributed by atoms with van der Waals surface area (Å²) >= 11 is 0. The molecule has 0 aromatic heterocycles. The standard InChI is InChI=1S/C19H28N2O3/c1-14-9-8-12-21(14)17(22)16(19(2,3)4)20-18(23)24-13-15-10-6-5-7-11-15/h5-7,10-11,14,16H,8-9,12-13H2,1-4H3,(H,20,23)/t14-,16?/m1/s1. The van der Waals surface area contributed by atoms with E-state index in [1.807, 2.05) is 56.0 Å². The Hall–Kier alpha value is -2.04. The van der Waals surface area contributed by atoms with Gasteiger partial charge in [0.15, 0.2) is 0 Å². The lowest BCUT2D eigenvalue weighted by molar-refractivity contribution is -0.136. The largest absolute Gasteiger partial charge is 0.445 e. The first-order chi connectivity index (χ1) is 11.3. The number of nitrogens with zero attached hydrogens (tertiary/aromatic N) is 1. The van der Waals surface area contributed by atoms with E-state index in [2.05, 4.69) is 12.2 Å². The lowest BCUT2D eigenvalue weighted by atomic mass is 9.85. The fraction of sp³-hybridized carbons (Fsp3) is 0.579. The van der Waals surface area contributed by atoms with Gasteiger partial charge in [0, 0.05) is 12.6 Å². The zero-order valence-corrected chi connectivity index (χ0v) is 15.0. The van der Waals surface area contributed by atoms with Crippen LogP contribution in [0.3, 0.4) is 0 Å². The van der Waals surface area contributed by atoms with Gasteiger partial charge in [0.05, 0.1) is 0 Å². The van der Waals surface area contributed by atoms with Crippen LogP contribution < -0.4 is 5.32 Å². The molecular formula is C19H28N2O3. The fourth-order valence-corrected chi connectivity index (χ4v) is 2.96. The zero-order valence-electron chi connectivity index (χ0n) is 15.0. The number of rotatable bonds is 4. The maximum atomic E-state index is 12.9. The number of amides is 2. The van der Waals surface area contributed by atoms with Crippen LogP contribution in [0, 0.1) is 5.41 Å². The first-order valence-electron chi connectivity index (χ1n) is 8.56. The molecular weight excluding hydrogens is 304 g/mol. The number of ether oxygens (including phenoxy) is 1. The first-order valence-corrected chi connectivity index (χ1v) is 8.56. The highest BCUT2D eigenvalue weighted by atomic mass is 16.5. The van der Waals surface area contributed by atoms with Gasteiger partial charge in [-0.05, 0) is 30.7 Å². The maximum absolute atomic E-state index is 12.9. The summed E-state index contributed by atoms with van der Waals surface area (Å²) in [4.78, 5) is 26.9. The summed E-state index contributed by atoms with van der Waals surface area (Å²) in [6, 6.07) is 9.12. The summed E-state index contributed by atoms with van der Waals surface area (Å²) in [5, 5.41) is 2.77. The van der Waals surface area contributed by atoms with E-state index in [4.69, 9.17) is 4.74 Å². The predicted molar refractivity (Wildman–Crippen MR) is 93.4 cm³/mol. The summed E-state index contributed by atoms with van der Waals surface area (Å²) in [6.07, 6.45) is 1.47. The molecule has 1 saturated heterocycles. The van der Waals surface area contributed by atoms with E-state index in [1.165, 1.54) is 0 Å². The van der Waals surface area contributed by atoms with Crippen molar-refractivity contribution >= 4 is 12.0 Å². The Morgan fingerprint density at radius 2 is 1.96 bits per heavy atom. The number of benzene rings is 1. The third kappa shape index (κ3) is 4.73. The van der Waals surface area contributed by atoms with Gasteiger partial charge in [-0.3, -0.25) is 4.79 Å². The molecule has 132 valence electrons. The summed E-state index contributed by atoms with van der Waals surface area (Å²) < 4.78 is 5.27. The van der Waals surface area contributed by atoms with Crippen LogP contribution in [0.5, 0.6) is 0 Å². The van der Waals surface area contributed by atoms with E-state index < -0.39 is 12.1 Å². The van der Waals surface area contributed by atoms with Crippen molar-refractivity contribution in [2.24, 2.45) is 5.41 Å². The van der Waals surface area contributed by atoms with Crippen molar-refractivity contribution in [2.45, 2.75) is 59.2 Å². The van der Waals surface area contributed by atoms with Crippen LogP contribution in [0.4, 0.5) is 4.79 Å². The van der Waals surface area contributed by atoms with Gasteiger partial charge in [0.1, 0.15) is 12.6 Å². The Morgan fingerprint density at radius 1 is 1.29 bits per heavy atom. The van der Waals surface area contributed by atoms with Crippen LogP contribution in [0.2, 0.25) is 0 Å². The van der Waals surface area contributed by atoms with Gasteiger partial charge in [0.2, 0.25) is 5.91 Å². The molecule has 1 aromatic rings. The van der Waals surface area contributed by atoms with Crippen molar-refractivity contribution in [1.82, 2.24) is 10.2 Å². The van der Waals surface area contributed by atoms with Gasteiger partial charge < -0.3 is 15.0 Å². The quantitative estimate of drug-likeness (QED) is 0.920. The lowest BCUT2D eigenvalue weighted by Crippen LogP contribution is -2.55. The molecule has 0 saturated carbocycles. The average Bonchev–Trinajstić information content (AvgIpc) is 2.96. The number of carbonyl (C=O) groups is 2. The molecule has 1 fully saturated rings. The smallest absolute Gasteiger partial charge is 0.408 e. The van der Waals surface area contributed by atoms with E-state index in [1.54, 1.807) is 0 Å². The number of likely N-dealkylation sites (tertiary alicyclic amines) is 1. The Balaban J connectivity index is 1.98. The minimum atomic E-state index is -0.596. The maximum Gasteiger partial charge on any atom is 0.408 e.